The summed E-state index contributed by atoms with van der Waals surface area (Å²) in [6, 6.07) is 0.690. The predicted molar refractivity (Wildman–Crippen MR) is 92.7 cm³/mol. The summed E-state index contributed by atoms with van der Waals surface area (Å²) < 4.78 is 0. The molecule has 0 aromatic rings. The molecule has 0 aromatic carbocycles. The smallest absolute Gasteiger partial charge is 0.0156 e. The Bertz CT molecular complexity index is 310. The first-order valence-electron chi connectivity index (χ1n) is 9.36. The molecule has 1 aliphatic carbocycles. The second-order valence-electron chi connectivity index (χ2n) is 8.41. The second kappa shape index (κ2) is 7.00. The summed E-state index contributed by atoms with van der Waals surface area (Å²) in [5.41, 5.74) is 1.12. The van der Waals surface area contributed by atoms with Crippen LogP contribution in [-0.2, 0) is 0 Å². The normalized spacial score (nSPS) is 33.0. The molecule has 2 unspecified atom stereocenters. The van der Waals surface area contributed by atoms with Gasteiger partial charge in [-0.15, -0.1) is 0 Å². The van der Waals surface area contributed by atoms with Crippen LogP contribution in [0.5, 0.6) is 0 Å². The molecule has 2 aliphatic rings. The minimum absolute atomic E-state index is 0.462. The molecule has 1 aliphatic heterocycles. The van der Waals surface area contributed by atoms with E-state index in [2.05, 4.69) is 45.0 Å². The number of hydrogen-bond acceptors (Lipinski definition) is 2. The van der Waals surface area contributed by atoms with Gasteiger partial charge in [-0.05, 0) is 62.6 Å². The summed E-state index contributed by atoms with van der Waals surface area (Å²) in [6.07, 6.45) is 9.78. The van der Waals surface area contributed by atoms with Crippen molar-refractivity contribution in [2.75, 3.05) is 26.7 Å². The molecule has 2 fully saturated rings. The third-order valence-electron chi connectivity index (χ3n) is 6.93. The highest BCUT2D eigenvalue weighted by molar-refractivity contribution is 4.94. The van der Waals surface area contributed by atoms with Gasteiger partial charge in [0, 0.05) is 12.6 Å². The molecule has 0 spiro atoms. The van der Waals surface area contributed by atoms with Gasteiger partial charge in [0.2, 0.25) is 0 Å². The average molecular weight is 295 g/mol. The van der Waals surface area contributed by atoms with Crippen molar-refractivity contribution in [3.05, 3.63) is 0 Å². The van der Waals surface area contributed by atoms with E-state index in [1.54, 1.807) is 0 Å². The fourth-order valence-corrected chi connectivity index (χ4v) is 5.10. The van der Waals surface area contributed by atoms with Gasteiger partial charge in [-0.3, -0.25) is 0 Å². The molecule has 0 bridgehead atoms. The highest BCUT2D eigenvalue weighted by Gasteiger charge is 2.39. The molecule has 2 nitrogen and oxygen atoms in total. The number of hydrogen-bond donors (Lipinski definition) is 1. The predicted octanol–water partition coefficient (Wildman–Crippen LogP) is 4.30. The lowest BCUT2D eigenvalue weighted by molar-refractivity contribution is 0.0465. The largest absolute Gasteiger partial charge is 0.316 e. The van der Waals surface area contributed by atoms with Crippen molar-refractivity contribution in [3.8, 4) is 0 Å². The van der Waals surface area contributed by atoms with E-state index in [1.807, 2.05) is 0 Å². The summed E-state index contributed by atoms with van der Waals surface area (Å²) in [5.74, 6) is 0.842. The van der Waals surface area contributed by atoms with E-state index in [1.165, 1.54) is 64.6 Å². The fraction of sp³-hybridized carbons (Fsp3) is 1.00. The van der Waals surface area contributed by atoms with E-state index < -0.39 is 0 Å². The maximum absolute atomic E-state index is 3.65. The maximum Gasteiger partial charge on any atom is 0.0156 e. The number of rotatable bonds is 5. The van der Waals surface area contributed by atoms with Gasteiger partial charge in [0.25, 0.3) is 0 Å². The Labute approximate surface area is 133 Å². The van der Waals surface area contributed by atoms with E-state index in [9.17, 15) is 0 Å². The summed E-state index contributed by atoms with van der Waals surface area (Å²) in [7, 11) is 2.17. The molecular weight excluding hydrogens is 256 g/mol. The Kier molecular flexibility index (Phi) is 5.76. The molecule has 0 amide bonds. The third kappa shape index (κ3) is 3.82. The summed E-state index contributed by atoms with van der Waals surface area (Å²) >= 11 is 0. The zero-order chi connectivity index (χ0) is 15.5. The minimum Gasteiger partial charge on any atom is -0.316 e. The van der Waals surface area contributed by atoms with Crippen LogP contribution >= 0.6 is 0 Å². The molecule has 1 N–H and O–H groups in total. The van der Waals surface area contributed by atoms with Crippen LogP contribution in [0.25, 0.3) is 0 Å². The average Bonchev–Trinajstić information content (AvgIpc) is 2.48. The van der Waals surface area contributed by atoms with Gasteiger partial charge in [-0.2, -0.15) is 0 Å². The van der Waals surface area contributed by atoms with Gasteiger partial charge in [-0.25, -0.2) is 0 Å². The molecule has 21 heavy (non-hydrogen) atoms. The van der Waals surface area contributed by atoms with Crippen LogP contribution in [0, 0.1) is 16.7 Å². The first-order valence-corrected chi connectivity index (χ1v) is 9.36. The lowest BCUT2D eigenvalue weighted by Crippen LogP contribution is -2.53. The Morgan fingerprint density at radius 1 is 1.05 bits per heavy atom. The van der Waals surface area contributed by atoms with Crippen molar-refractivity contribution in [2.45, 2.75) is 78.7 Å². The van der Waals surface area contributed by atoms with E-state index in [-0.39, 0.29) is 0 Å². The Hall–Kier alpha value is -0.0800. The zero-order valence-electron chi connectivity index (χ0n) is 15.2. The van der Waals surface area contributed by atoms with E-state index >= 15 is 0 Å². The second-order valence-corrected chi connectivity index (χ2v) is 8.41. The molecule has 1 saturated heterocycles. The first-order chi connectivity index (χ1) is 9.96. The van der Waals surface area contributed by atoms with Crippen LogP contribution in [0.15, 0.2) is 0 Å². The molecule has 0 radical (unpaired) electrons. The highest BCUT2D eigenvalue weighted by atomic mass is 15.1. The van der Waals surface area contributed by atoms with Gasteiger partial charge >= 0.3 is 0 Å². The van der Waals surface area contributed by atoms with Crippen LogP contribution in [0.2, 0.25) is 0 Å². The van der Waals surface area contributed by atoms with Crippen molar-refractivity contribution in [2.24, 2.45) is 16.7 Å². The third-order valence-corrected chi connectivity index (χ3v) is 6.93. The van der Waals surface area contributed by atoms with Gasteiger partial charge in [-0.1, -0.05) is 47.0 Å². The molecule has 124 valence electrons. The Morgan fingerprint density at radius 3 is 2.19 bits per heavy atom. The van der Waals surface area contributed by atoms with Crippen LogP contribution in [0.4, 0.5) is 0 Å². The first kappa shape index (κ1) is 17.3. The fourth-order valence-electron chi connectivity index (χ4n) is 5.10. The van der Waals surface area contributed by atoms with Crippen molar-refractivity contribution in [1.29, 1.82) is 0 Å². The Balaban J connectivity index is 1.90. The van der Waals surface area contributed by atoms with Gasteiger partial charge in [0.05, 0.1) is 0 Å². The van der Waals surface area contributed by atoms with Crippen LogP contribution in [-0.4, -0.2) is 37.6 Å². The maximum atomic E-state index is 3.65. The van der Waals surface area contributed by atoms with Crippen molar-refractivity contribution < 1.29 is 0 Å². The lowest BCUT2D eigenvalue weighted by Gasteiger charge is -2.47. The summed E-state index contributed by atoms with van der Waals surface area (Å²) in [4.78, 5) is 2.76. The SMILES string of the molecule is CCC1(CC)CCN(CC2CCCC(C)(C)C2NC)CC1. The molecule has 2 rings (SSSR count). The van der Waals surface area contributed by atoms with Crippen LogP contribution in [0.3, 0.4) is 0 Å². The van der Waals surface area contributed by atoms with Gasteiger partial charge < -0.3 is 10.2 Å². The van der Waals surface area contributed by atoms with Crippen LogP contribution in [0.1, 0.15) is 72.6 Å². The number of nitrogens with zero attached hydrogens (tertiary/aromatic N) is 1. The number of piperidine rings is 1. The monoisotopic (exact) mass is 294 g/mol. The number of nitrogens with one attached hydrogen (secondary N) is 1. The van der Waals surface area contributed by atoms with E-state index in [0.29, 0.717) is 16.9 Å². The lowest BCUT2D eigenvalue weighted by atomic mass is 9.67. The molecular formula is C19H38N2. The molecule has 2 heteroatoms. The highest BCUT2D eigenvalue weighted by Crippen LogP contribution is 2.41. The molecule has 1 heterocycles. The topological polar surface area (TPSA) is 15.3 Å². The minimum atomic E-state index is 0.462. The van der Waals surface area contributed by atoms with Crippen molar-refractivity contribution in [1.82, 2.24) is 10.2 Å². The van der Waals surface area contributed by atoms with E-state index in [4.69, 9.17) is 0 Å². The van der Waals surface area contributed by atoms with Crippen molar-refractivity contribution >= 4 is 0 Å². The van der Waals surface area contributed by atoms with Crippen LogP contribution < -0.4 is 5.32 Å². The standard InChI is InChI=1S/C19H38N2/c1-6-19(7-2)11-13-21(14-12-19)15-16-9-8-10-18(3,4)17(16)20-5/h16-17,20H,6-15H2,1-5H3. The molecule has 2 atom stereocenters. The molecule has 1 saturated carbocycles. The molecule has 0 aromatic heterocycles. The summed E-state index contributed by atoms with van der Waals surface area (Å²) in [6.45, 7) is 13.7. The zero-order valence-corrected chi connectivity index (χ0v) is 15.2. The number of likely N-dealkylation sites (tertiary alicyclic amines) is 1. The van der Waals surface area contributed by atoms with Gasteiger partial charge in [0.15, 0.2) is 0 Å². The van der Waals surface area contributed by atoms with Crippen molar-refractivity contribution in [3.63, 3.8) is 0 Å². The summed E-state index contributed by atoms with van der Waals surface area (Å²) in [5, 5.41) is 3.65. The van der Waals surface area contributed by atoms with Gasteiger partial charge in [0.1, 0.15) is 0 Å². The Morgan fingerprint density at radius 2 is 1.67 bits per heavy atom. The quantitative estimate of drug-likeness (QED) is 0.813. The van der Waals surface area contributed by atoms with E-state index in [0.717, 1.165) is 5.92 Å².